The van der Waals surface area contributed by atoms with E-state index in [1.807, 2.05) is 52.0 Å². The van der Waals surface area contributed by atoms with Crippen LogP contribution in [0.2, 0.25) is 5.02 Å². The normalized spacial score (nSPS) is 12.2. The molecule has 3 aromatic rings. The van der Waals surface area contributed by atoms with Gasteiger partial charge in [0.05, 0.1) is 10.6 Å². The van der Waals surface area contributed by atoms with E-state index in [4.69, 9.17) is 11.6 Å². The summed E-state index contributed by atoms with van der Waals surface area (Å²) in [6, 6.07) is 21.2. The second-order valence-electron chi connectivity index (χ2n) is 9.87. The molecule has 0 fully saturated rings. The average molecular weight is 570 g/mol. The van der Waals surface area contributed by atoms with Gasteiger partial charge in [0.25, 0.3) is 10.0 Å². The van der Waals surface area contributed by atoms with E-state index in [0.29, 0.717) is 23.7 Å². The lowest BCUT2D eigenvalue weighted by Crippen LogP contribution is -2.52. The molecule has 0 aromatic heterocycles. The van der Waals surface area contributed by atoms with E-state index in [9.17, 15) is 18.0 Å². The van der Waals surface area contributed by atoms with Gasteiger partial charge in [0.2, 0.25) is 11.8 Å². The van der Waals surface area contributed by atoms with E-state index in [0.717, 1.165) is 15.4 Å². The lowest BCUT2D eigenvalue weighted by Gasteiger charge is -2.33. The van der Waals surface area contributed by atoms with Gasteiger partial charge in [-0.3, -0.25) is 13.9 Å². The van der Waals surface area contributed by atoms with Crippen LogP contribution in [0.1, 0.15) is 38.3 Å². The van der Waals surface area contributed by atoms with Crippen molar-refractivity contribution in [2.75, 3.05) is 17.4 Å². The number of nitrogens with zero attached hydrogens (tertiary/aromatic N) is 2. The molecule has 0 heterocycles. The van der Waals surface area contributed by atoms with Crippen molar-refractivity contribution in [2.45, 2.75) is 51.6 Å². The number of carbonyl (C=O) groups excluding carboxylic acids is 2. The summed E-state index contributed by atoms with van der Waals surface area (Å²) < 4.78 is 28.6. The van der Waals surface area contributed by atoms with Crippen LogP contribution in [0.3, 0.4) is 0 Å². The predicted octanol–water partition coefficient (Wildman–Crippen LogP) is 5.42. The van der Waals surface area contributed by atoms with Crippen LogP contribution in [0.4, 0.5) is 5.69 Å². The van der Waals surface area contributed by atoms with Crippen LogP contribution in [-0.2, 0) is 26.2 Å². The fourth-order valence-corrected chi connectivity index (χ4v) is 5.77. The van der Waals surface area contributed by atoms with Gasteiger partial charge >= 0.3 is 0 Å². The minimum absolute atomic E-state index is 0.0553. The lowest BCUT2D eigenvalue weighted by molar-refractivity contribution is -0.140. The molecule has 1 N–H and O–H groups in total. The summed E-state index contributed by atoms with van der Waals surface area (Å²) in [7, 11) is -4.11. The van der Waals surface area contributed by atoms with E-state index in [-0.39, 0.29) is 23.3 Å². The number of carbonyl (C=O) groups is 2. The third-order valence-corrected chi connectivity index (χ3v) is 8.27. The van der Waals surface area contributed by atoms with Gasteiger partial charge in [0.1, 0.15) is 12.6 Å². The Balaban J connectivity index is 2.03. The highest BCUT2D eigenvalue weighted by Gasteiger charge is 2.33. The third-order valence-electron chi connectivity index (χ3n) is 6.23. The van der Waals surface area contributed by atoms with Crippen molar-refractivity contribution in [3.63, 3.8) is 0 Å². The van der Waals surface area contributed by atoms with E-state index >= 15 is 0 Å². The monoisotopic (exact) mass is 569 g/mol. The Morgan fingerprint density at radius 3 is 2.21 bits per heavy atom. The Morgan fingerprint density at radius 1 is 0.949 bits per heavy atom. The van der Waals surface area contributed by atoms with Gasteiger partial charge in [0.15, 0.2) is 0 Å². The Kier molecular flexibility index (Phi) is 10.5. The number of amides is 2. The van der Waals surface area contributed by atoms with Crippen molar-refractivity contribution in [1.82, 2.24) is 10.2 Å². The van der Waals surface area contributed by atoms with Crippen molar-refractivity contribution in [3.8, 4) is 0 Å². The van der Waals surface area contributed by atoms with E-state index in [1.54, 1.807) is 42.5 Å². The van der Waals surface area contributed by atoms with Crippen molar-refractivity contribution >= 4 is 39.1 Å². The smallest absolute Gasteiger partial charge is 0.264 e. The summed E-state index contributed by atoms with van der Waals surface area (Å²) in [6.45, 7) is 7.93. The van der Waals surface area contributed by atoms with Crippen LogP contribution < -0.4 is 9.62 Å². The highest BCUT2D eigenvalue weighted by Crippen LogP contribution is 2.26. The Bertz CT molecular complexity index is 1360. The van der Waals surface area contributed by atoms with Crippen LogP contribution in [0, 0.1) is 12.8 Å². The Hall–Kier alpha value is -3.36. The molecule has 0 aliphatic heterocycles. The molecular formula is C30H36ClN3O4S. The van der Waals surface area contributed by atoms with Gasteiger partial charge < -0.3 is 10.2 Å². The van der Waals surface area contributed by atoms with E-state index < -0.39 is 28.5 Å². The molecular weight excluding hydrogens is 534 g/mol. The van der Waals surface area contributed by atoms with Crippen LogP contribution in [0.5, 0.6) is 0 Å². The number of rotatable bonds is 12. The summed E-state index contributed by atoms with van der Waals surface area (Å²) in [6.07, 6.45) is 0.369. The van der Waals surface area contributed by atoms with Crippen molar-refractivity contribution in [3.05, 3.63) is 95.0 Å². The zero-order chi connectivity index (χ0) is 28.6. The molecule has 0 aliphatic carbocycles. The van der Waals surface area contributed by atoms with Crippen LogP contribution in [-0.4, -0.2) is 44.3 Å². The molecule has 0 aliphatic rings. The SMILES string of the molecule is CCC(C(=O)NCC(C)C)N(Cc1cccc(C)c1)C(=O)CN(c1ccc(Cl)cc1)S(=O)(=O)c1ccccc1. The fourth-order valence-electron chi connectivity index (χ4n) is 4.21. The van der Waals surface area contributed by atoms with Crippen molar-refractivity contribution in [2.24, 2.45) is 5.92 Å². The maximum absolute atomic E-state index is 14.0. The molecule has 1 unspecified atom stereocenters. The number of anilines is 1. The molecule has 0 spiro atoms. The largest absolute Gasteiger partial charge is 0.354 e. The number of halogens is 1. The minimum Gasteiger partial charge on any atom is -0.354 e. The number of hydrogen-bond acceptors (Lipinski definition) is 4. The maximum Gasteiger partial charge on any atom is 0.264 e. The van der Waals surface area contributed by atoms with Crippen molar-refractivity contribution < 1.29 is 18.0 Å². The van der Waals surface area contributed by atoms with E-state index in [2.05, 4.69) is 5.32 Å². The first kappa shape index (κ1) is 30.2. The van der Waals surface area contributed by atoms with Crippen molar-refractivity contribution in [1.29, 1.82) is 0 Å². The summed E-state index contributed by atoms with van der Waals surface area (Å²) in [5, 5.41) is 3.37. The van der Waals surface area contributed by atoms with Crippen LogP contribution >= 0.6 is 11.6 Å². The first-order valence-corrected chi connectivity index (χ1v) is 14.8. The highest BCUT2D eigenvalue weighted by atomic mass is 35.5. The molecule has 0 bridgehead atoms. The van der Waals surface area contributed by atoms with Gasteiger partial charge in [-0.25, -0.2) is 8.42 Å². The molecule has 3 rings (SSSR count). The second-order valence-corrected chi connectivity index (χ2v) is 12.2. The predicted molar refractivity (Wildman–Crippen MR) is 156 cm³/mol. The number of sulfonamides is 1. The minimum atomic E-state index is -4.11. The summed E-state index contributed by atoms with van der Waals surface area (Å²) in [4.78, 5) is 28.8. The number of benzene rings is 3. The number of hydrogen-bond donors (Lipinski definition) is 1. The molecule has 0 radical (unpaired) electrons. The van der Waals surface area contributed by atoms with Crippen LogP contribution in [0.25, 0.3) is 0 Å². The Morgan fingerprint density at radius 2 is 1.62 bits per heavy atom. The first-order valence-electron chi connectivity index (χ1n) is 13.0. The summed E-state index contributed by atoms with van der Waals surface area (Å²) >= 11 is 6.07. The van der Waals surface area contributed by atoms with Gasteiger partial charge in [-0.1, -0.05) is 80.4 Å². The van der Waals surface area contributed by atoms with Gasteiger partial charge in [-0.15, -0.1) is 0 Å². The van der Waals surface area contributed by atoms with Crippen LogP contribution in [0.15, 0.2) is 83.8 Å². The quantitative estimate of drug-likeness (QED) is 0.315. The standard InChI is InChI=1S/C30H36ClN3O4S/c1-5-28(30(36)32-19-22(2)3)33(20-24-11-9-10-23(4)18-24)29(35)21-34(26-16-14-25(31)15-17-26)39(37,38)27-12-7-6-8-13-27/h6-18,22,28H,5,19-21H2,1-4H3,(H,32,36). The zero-order valence-corrected chi connectivity index (χ0v) is 24.4. The second kappa shape index (κ2) is 13.6. The topological polar surface area (TPSA) is 86.8 Å². The summed E-state index contributed by atoms with van der Waals surface area (Å²) in [5.41, 5.74) is 2.17. The molecule has 0 saturated carbocycles. The zero-order valence-electron chi connectivity index (χ0n) is 22.8. The molecule has 9 heteroatoms. The lowest BCUT2D eigenvalue weighted by atomic mass is 10.1. The molecule has 3 aromatic carbocycles. The number of nitrogens with one attached hydrogen (secondary N) is 1. The molecule has 39 heavy (non-hydrogen) atoms. The molecule has 208 valence electrons. The average Bonchev–Trinajstić information content (AvgIpc) is 2.91. The Labute approximate surface area is 236 Å². The van der Waals surface area contributed by atoms with E-state index in [1.165, 1.54) is 17.0 Å². The molecule has 1 atom stereocenters. The molecule has 2 amide bonds. The third kappa shape index (κ3) is 8.07. The van der Waals surface area contributed by atoms with Gasteiger partial charge in [0, 0.05) is 18.1 Å². The fraction of sp³-hybridized carbons (Fsp3) is 0.333. The van der Waals surface area contributed by atoms with Gasteiger partial charge in [-0.05, 0) is 61.2 Å². The summed E-state index contributed by atoms with van der Waals surface area (Å²) in [5.74, 6) is -0.516. The van der Waals surface area contributed by atoms with Gasteiger partial charge in [-0.2, -0.15) is 0 Å². The molecule has 0 saturated heterocycles. The maximum atomic E-state index is 14.0. The first-order chi connectivity index (χ1) is 18.5. The highest BCUT2D eigenvalue weighted by molar-refractivity contribution is 7.92. The number of aryl methyl sites for hydroxylation is 1. The molecule has 7 nitrogen and oxygen atoms in total.